The van der Waals surface area contributed by atoms with Gasteiger partial charge in [0.2, 0.25) is 5.91 Å². The molecule has 0 heterocycles. The van der Waals surface area contributed by atoms with Gasteiger partial charge in [0.1, 0.15) is 0 Å². The minimum atomic E-state index is -0.628. The van der Waals surface area contributed by atoms with Crippen molar-refractivity contribution in [3.8, 4) is 0 Å². The molecule has 0 saturated carbocycles. The van der Waals surface area contributed by atoms with Crippen LogP contribution >= 0.6 is 11.8 Å². The zero-order chi connectivity index (χ0) is 18.1. The molecule has 2 unspecified atom stereocenters. The Labute approximate surface area is 148 Å². The summed E-state index contributed by atoms with van der Waals surface area (Å²) in [6.07, 6.45) is 3.20. The average Bonchev–Trinajstić information content (AvgIpc) is 2.51. The van der Waals surface area contributed by atoms with Crippen LogP contribution < -0.4 is 11.1 Å². The van der Waals surface area contributed by atoms with Gasteiger partial charge in [0.05, 0.1) is 6.04 Å². The summed E-state index contributed by atoms with van der Waals surface area (Å²) in [6, 6.07) is 3.66. The van der Waals surface area contributed by atoms with Crippen molar-refractivity contribution in [1.29, 1.82) is 0 Å². The Hall–Kier alpha value is -1.53. The first-order chi connectivity index (χ1) is 11.4. The van der Waals surface area contributed by atoms with Crippen LogP contribution in [0, 0.1) is 20.8 Å². The second kappa shape index (κ2) is 10.4. The van der Waals surface area contributed by atoms with E-state index in [0.717, 1.165) is 12.2 Å². The molecule has 1 amide bonds. The second-order valence-electron chi connectivity index (χ2n) is 6.03. The Morgan fingerprint density at radius 3 is 2.46 bits per heavy atom. The molecule has 0 spiro atoms. The number of thioether (sulfide) groups is 1. The molecular weight excluding hydrogens is 324 g/mol. The Balaban J connectivity index is 2.59. The van der Waals surface area contributed by atoms with Crippen LogP contribution in [0.15, 0.2) is 12.1 Å². The van der Waals surface area contributed by atoms with Crippen molar-refractivity contribution >= 4 is 24.1 Å². The first-order valence-corrected chi connectivity index (χ1v) is 9.49. The van der Waals surface area contributed by atoms with Gasteiger partial charge in [-0.15, -0.1) is 0 Å². The van der Waals surface area contributed by atoms with Crippen LogP contribution in [0.3, 0.4) is 0 Å². The predicted molar refractivity (Wildman–Crippen MR) is 99.0 cm³/mol. The number of aryl methyl sites for hydroxylation is 3. The fourth-order valence-corrected chi connectivity index (χ4v) is 3.22. The van der Waals surface area contributed by atoms with Gasteiger partial charge in [0.25, 0.3) is 6.47 Å². The van der Waals surface area contributed by atoms with Crippen LogP contribution in [0.4, 0.5) is 0 Å². The van der Waals surface area contributed by atoms with Crippen molar-refractivity contribution in [2.45, 2.75) is 52.3 Å². The highest BCUT2D eigenvalue weighted by atomic mass is 32.2. The number of ether oxygens (including phenoxy) is 1. The van der Waals surface area contributed by atoms with Crippen LogP contribution in [-0.2, 0) is 20.7 Å². The van der Waals surface area contributed by atoms with E-state index in [1.807, 2.05) is 6.26 Å². The molecule has 1 rings (SSSR count). The minimum Gasteiger partial charge on any atom is -0.444 e. The number of hydrogen-bond donors (Lipinski definition) is 2. The second-order valence-corrected chi connectivity index (χ2v) is 7.02. The summed E-state index contributed by atoms with van der Waals surface area (Å²) in [5.41, 5.74) is 10.9. The van der Waals surface area contributed by atoms with Crippen LogP contribution in [0.1, 0.15) is 35.1 Å². The Morgan fingerprint density at radius 1 is 1.29 bits per heavy atom. The Bertz CT molecular complexity index is 540. The van der Waals surface area contributed by atoms with E-state index in [9.17, 15) is 9.59 Å². The number of hydrogen-bond acceptors (Lipinski definition) is 5. The topological polar surface area (TPSA) is 81.4 Å². The number of rotatable bonds is 10. The third kappa shape index (κ3) is 6.53. The van der Waals surface area contributed by atoms with E-state index in [4.69, 9.17) is 10.5 Å². The fourth-order valence-electron chi connectivity index (χ4n) is 2.77. The molecule has 0 aliphatic rings. The number of carbonyl (C=O) groups excluding carboxylic acids is 2. The quantitative estimate of drug-likeness (QED) is 0.498. The van der Waals surface area contributed by atoms with Crippen molar-refractivity contribution in [1.82, 2.24) is 5.32 Å². The highest BCUT2D eigenvalue weighted by Gasteiger charge is 2.19. The van der Waals surface area contributed by atoms with E-state index in [-0.39, 0.29) is 5.91 Å². The van der Waals surface area contributed by atoms with Gasteiger partial charge in [0, 0.05) is 6.42 Å². The van der Waals surface area contributed by atoms with Crippen LogP contribution in [0.2, 0.25) is 0 Å². The molecule has 0 bridgehead atoms. The lowest BCUT2D eigenvalue weighted by molar-refractivity contribution is -0.138. The molecule has 0 fully saturated rings. The molecule has 5 nitrogen and oxygen atoms in total. The molecule has 0 aliphatic heterocycles. The summed E-state index contributed by atoms with van der Waals surface area (Å²) in [5, 5.41) is 2.70. The summed E-state index contributed by atoms with van der Waals surface area (Å²) < 4.78 is 4.90. The standard InChI is InChI=1S/C18H28N2O3S/c1-12-9-13(2)15(14(3)10-12)5-6-16(19)18(22)20-17(23-11-21)7-8-24-4/h9-11,16-17H,5-8,19H2,1-4H3,(H,20,22). The lowest BCUT2D eigenvalue weighted by atomic mass is 9.94. The van der Waals surface area contributed by atoms with Gasteiger partial charge in [0.15, 0.2) is 6.23 Å². The Morgan fingerprint density at radius 2 is 1.92 bits per heavy atom. The van der Waals surface area contributed by atoms with Gasteiger partial charge in [-0.3, -0.25) is 9.59 Å². The first kappa shape index (κ1) is 20.5. The normalized spacial score (nSPS) is 13.2. The maximum atomic E-state index is 12.2. The molecule has 0 aromatic heterocycles. The third-order valence-corrected chi connectivity index (χ3v) is 4.63. The van der Waals surface area contributed by atoms with E-state index in [0.29, 0.717) is 19.3 Å². The van der Waals surface area contributed by atoms with Crippen LogP contribution in [-0.4, -0.2) is 36.7 Å². The summed E-state index contributed by atoms with van der Waals surface area (Å²) in [7, 11) is 0. The number of benzene rings is 1. The number of nitrogens with one attached hydrogen (secondary N) is 1. The zero-order valence-electron chi connectivity index (χ0n) is 14.9. The zero-order valence-corrected chi connectivity index (χ0v) is 15.7. The molecule has 2 atom stereocenters. The Kier molecular flexibility index (Phi) is 8.85. The van der Waals surface area contributed by atoms with E-state index in [2.05, 4.69) is 38.2 Å². The number of nitrogens with two attached hydrogens (primary N) is 1. The molecular formula is C18H28N2O3S. The average molecular weight is 353 g/mol. The molecule has 0 aliphatic carbocycles. The van der Waals surface area contributed by atoms with Crippen molar-refractivity contribution in [2.75, 3.05) is 12.0 Å². The van der Waals surface area contributed by atoms with Gasteiger partial charge < -0.3 is 15.8 Å². The lowest BCUT2D eigenvalue weighted by Gasteiger charge is -2.20. The predicted octanol–water partition coefficient (Wildman–Crippen LogP) is 2.24. The highest BCUT2D eigenvalue weighted by molar-refractivity contribution is 7.98. The molecule has 1 aromatic carbocycles. The summed E-state index contributed by atoms with van der Waals surface area (Å²) in [6.45, 7) is 6.59. The van der Waals surface area contributed by atoms with E-state index < -0.39 is 12.3 Å². The van der Waals surface area contributed by atoms with E-state index in [1.165, 1.54) is 22.3 Å². The van der Waals surface area contributed by atoms with Crippen molar-refractivity contribution in [3.63, 3.8) is 0 Å². The summed E-state index contributed by atoms with van der Waals surface area (Å²) >= 11 is 1.62. The molecule has 1 aromatic rings. The van der Waals surface area contributed by atoms with Gasteiger partial charge in [-0.1, -0.05) is 17.7 Å². The van der Waals surface area contributed by atoms with Gasteiger partial charge >= 0.3 is 0 Å². The molecule has 6 heteroatoms. The molecule has 24 heavy (non-hydrogen) atoms. The van der Waals surface area contributed by atoms with Gasteiger partial charge in [-0.25, -0.2) is 0 Å². The maximum absolute atomic E-state index is 12.2. The van der Waals surface area contributed by atoms with E-state index >= 15 is 0 Å². The lowest BCUT2D eigenvalue weighted by Crippen LogP contribution is -2.46. The van der Waals surface area contributed by atoms with Gasteiger partial charge in [-0.05, 0) is 62.3 Å². The summed E-state index contributed by atoms with van der Waals surface area (Å²) in [5.74, 6) is 0.501. The fraction of sp³-hybridized carbons (Fsp3) is 0.556. The largest absolute Gasteiger partial charge is 0.444 e. The van der Waals surface area contributed by atoms with Crippen molar-refractivity contribution in [2.24, 2.45) is 5.73 Å². The van der Waals surface area contributed by atoms with Crippen LogP contribution in [0.5, 0.6) is 0 Å². The van der Waals surface area contributed by atoms with Crippen molar-refractivity contribution in [3.05, 3.63) is 34.4 Å². The molecule has 134 valence electrons. The molecule has 0 radical (unpaired) electrons. The third-order valence-electron chi connectivity index (χ3n) is 3.99. The molecule has 0 saturated heterocycles. The van der Waals surface area contributed by atoms with Crippen molar-refractivity contribution < 1.29 is 14.3 Å². The van der Waals surface area contributed by atoms with E-state index in [1.54, 1.807) is 11.8 Å². The van der Waals surface area contributed by atoms with Gasteiger partial charge in [-0.2, -0.15) is 11.8 Å². The minimum absolute atomic E-state index is 0.287. The number of carbonyl (C=O) groups is 2. The summed E-state index contributed by atoms with van der Waals surface area (Å²) in [4.78, 5) is 22.7. The highest BCUT2D eigenvalue weighted by Crippen LogP contribution is 2.18. The van der Waals surface area contributed by atoms with Crippen LogP contribution in [0.25, 0.3) is 0 Å². The SMILES string of the molecule is CSCCC(NC(=O)C(N)CCc1c(C)cc(C)cc1C)OC=O. The first-order valence-electron chi connectivity index (χ1n) is 8.09. The monoisotopic (exact) mass is 352 g/mol. The number of amides is 1. The molecule has 3 N–H and O–H groups in total. The smallest absolute Gasteiger partial charge is 0.295 e. The maximum Gasteiger partial charge on any atom is 0.295 e.